The molecule has 0 saturated heterocycles. The van der Waals surface area contributed by atoms with Crippen LogP contribution in [0.25, 0.3) is 27.2 Å². The fourth-order valence-electron chi connectivity index (χ4n) is 3.29. The average Bonchev–Trinajstić information content (AvgIpc) is 3.42. The van der Waals surface area contributed by atoms with Crippen LogP contribution in [0.4, 0.5) is 0 Å². The van der Waals surface area contributed by atoms with Crippen molar-refractivity contribution in [2.24, 2.45) is 0 Å². The minimum absolute atomic E-state index is 0.206. The van der Waals surface area contributed by atoms with Gasteiger partial charge in [0.15, 0.2) is 5.78 Å². The number of nitrogens with one attached hydrogen (secondary N) is 1. The number of ketones is 1. The van der Waals surface area contributed by atoms with Crippen LogP contribution in [0.5, 0.6) is 0 Å². The molecule has 1 N–H and O–H groups in total. The number of rotatable bonds is 7. The summed E-state index contributed by atoms with van der Waals surface area (Å²) >= 11 is 3.76. The Hall–Kier alpha value is -1.93. The molecule has 0 fully saturated rings. The van der Waals surface area contributed by atoms with E-state index in [9.17, 15) is 4.79 Å². The third-order valence-corrected chi connectivity index (χ3v) is 6.63. The van der Waals surface area contributed by atoms with Gasteiger partial charge in [-0.05, 0) is 42.2 Å². The molecule has 6 heteroatoms. The fraction of sp³-hybridized carbons (Fsp3) is 0.238. The van der Waals surface area contributed by atoms with E-state index < -0.39 is 0 Å². The molecule has 4 aromatic rings. The molecule has 3 heterocycles. The minimum Gasteiger partial charge on any atom is -0.354 e. The quantitative estimate of drug-likeness (QED) is 0.196. The summed E-state index contributed by atoms with van der Waals surface area (Å²) in [4.78, 5) is 20.6. The van der Waals surface area contributed by atoms with E-state index in [-0.39, 0.29) is 5.78 Å². The molecule has 4 rings (SSSR count). The Morgan fingerprint density at radius 1 is 1.30 bits per heavy atom. The second-order valence-corrected chi connectivity index (χ2v) is 8.32. The molecule has 138 valence electrons. The number of carbonyl (C=O) groups is 1. The second kappa shape index (κ2) is 7.98. The molecule has 4 nitrogen and oxygen atoms in total. The van der Waals surface area contributed by atoms with Crippen molar-refractivity contribution in [1.82, 2.24) is 14.5 Å². The normalized spacial score (nSPS) is 11.3. The second-order valence-electron chi connectivity index (χ2n) is 6.51. The molecule has 0 bridgehead atoms. The molecular weight excluding hydrogens is 469 g/mol. The minimum atomic E-state index is 0.206. The highest BCUT2D eigenvalue weighted by atomic mass is 127. The van der Waals surface area contributed by atoms with Crippen molar-refractivity contribution >= 4 is 49.9 Å². The molecule has 0 aliphatic carbocycles. The molecular formula is C21H20IN3OS. The Balaban J connectivity index is 1.75. The highest BCUT2D eigenvalue weighted by molar-refractivity contribution is 14.1. The number of carbonyl (C=O) groups excluding carboxylic acids is 1. The van der Waals surface area contributed by atoms with Gasteiger partial charge < -0.3 is 9.55 Å². The van der Waals surface area contributed by atoms with Crippen molar-refractivity contribution in [2.75, 3.05) is 4.43 Å². The SMILES string of the molecule is CCCCc1c(-c2ccc(-n3ccnc3)cc2)[nH]c2cc(C(=O)CI)sc12. The number of thiophene rings is 1. The van der Waals surface area contributed by atoms with Gasteiger partial charge in [0.05, 0.1) is 31.5 Å². The van der Waals surface area contributed by atoms with Crippen LogP contribution in [0, 0.1) is 0 Å². The van der Waals surface area contributed by atoms with E-state index in [1.807, 2.05) is 16.8 Å². The lowest BCUT2D eigenvalue weighted by Gasteiger charge is -2.07. The Labute approximate surface area is 175 Å². The highest BCUT2D eigenvalue weighted by Crippen LogP contribution is 2.37. The Bertz CT molecular complexity index is 1060. The number of hydrogen-bond acceptors (Lipinski definition) is 3. The Kier molecular flexibility index (Phi) is 5.45. The Morgan fingerprint density at radius 2 is 2.11 bits per heavy atom. The molecule has 0 unspecified atom stereocenters. The van der Waals surface area contributed by atoms with Crippen molar-refractivity contribution in [3.05, 3.63) is 59.5 Å². The number of Topliss-reactive ketones (excluding diaryl/α,β-unsaturated/α-hetero) is 1. The largest absolute Gasteiger partial charge is 0.354 e. The van der Waals surface area contributed by atoms with Gasteiger partial charge >= 0.3 is 0 Å². The number of aromatic amines is 1. The van der Waals surface area contributed by atoms with Crippen LogP contribution in [0.2, 0.25) is 0 Å². The van der Waals surface area contributed by atoms with Gasteiger partial charge in [0.2, 0.25) is 0 Å². The summed E-state index contributed by atoms with van der Waals surface area (Å²) in [7, 11) is 0. The zero-order chi connectivity index (χ0) is 18.8. The van der Waals surface area contributed by atoms with Gasteiger partial charge in [-0.15, -0.1) is 11.3 Å². The molecule has 0 radical (unpaired) electrons. The summed E-state index contributed by atoms with van der Waals surface area (Å²) in [5, 5.41) is 0. The first kappa shape index (κ1) is 18.4. The third kappa shape index (κ3) is 3.60. The van der Waals surface area contributed by atoms with Crippen LogP contribution >= 0.6 is 33.9 Å². The van der Waals surface area contributed by atoms with E-state index in [1.54, 1.807) is 23.9 Å². The van der Waals surface area contributed by atoms with E-state index >= 15 is 0 Å². The van der Waals surface area contributed by atoms with Gasteiger partial charge in [0, 0.05) is 18.1 Å². The zero-order valence-corrected chi connectivity index (χ0v) is 18.0. The number of alkyl halides is 1. The number of aryl methyl sites for hydroxylation is 1. The lowest BCUT2D eigenvalue weighted by atomic mass is 10.0. The fourth-order valence-corrected chi connectivity index (χ4v) is 5.09. The van der Waals surface area contributed by atoms with Crippen molar-refractivity contribution in [2.45, 2.75) is 26.2 Å². The molecule has 0 aliphatic heterocycles. The smallest absolute Gasteiger partial charge is 0.182 e. The maximum atomic E-state index is 12.1. The molecule has 0 atom stereocenters. The number of halogens is 1. The monoisotopic (exact) mass is 489 g/mol. The van der Waals surface area contributed by atoms with Gasteiger partial charge in [-0.3, -0.25) is 4.79 Å². The number of fused-ring (bicyclic) bond motifs is 1. The number of imidazole rings is 1. The van der Waals surface area contributed by atoms with Gasteiger partial charge in [0.25, 0.3) is 0 Å². The van der Waals surface area contributed by atoms with E-state index in [4.69, 9.17) is 0 Å². The standard InChI is InChI=1S/C21H20IN3OS/c1-2-3-4-16-20(24-17-11-19(18(26)12-22)27-21(16)17)14-5-7-15(8-6-14)25-10-9-23-13-25/h5-11,13,24H,2-4,12H2,1H3. The summed E-state index contributed by atoms with van der Waals surface area (Å²) in [6.07, 6.45) is 8.84. The topological polar surface area (TPSA) is 50.7 Å². The maximum absolute atomic E-state index is 12.1. The molecule has 1 aromatic carbocycles. The van der Waals surface area contributed by atoms with E-state index in [1.165, 1.54) is 21.5 Å². The van der Waals surface area contributed by atoms with E-state index in [2.05, 4.69) is 63.7 Å². The lowest BCUT2D eigenvalue weighted by molar-refractivity contribution is 0.102. The predicted molar refractivity (Wildman–Crippen MR) is 121 cm³/mol. The Morgan fingerprint density at radius 3 is 2.78 bits per heavy atom. The van der Waals surface area contributed by atoms with Crippen molar-refractivity contribution < 1.29 is 4.79 Å². The van der Waals surface area contributed by atoms with Crippen molar-refractivity contribution in [3.8, 4) is 16.9 Å². The first-order valence-electron chi connectivity index (χ1n) is 9.03. The summed E-state index contributed by atoms with van der Waals surface area (Å²) in [5.41, 5.74) is 5.85. The van der Waals surface area contributed by atoms with Crippen LogP contribution in [0.15, 0.2) is 49.1 Å². The summed E-state index contributed by atoms with van der Waals surface area (Å²) in [6.45, 7) is 2.21. The van der Waals surface area contributed by atoms with E-state index in [0.29, 0.717) is 4.43 Å². The lowest BCUT2D eigenvalue weighted by Crippen LogP contribution is -1.95. The number of unbranched alkanes of at least 4 members (excludes halogenated alkanes) is 1. The molecule has 27 heavy (non-hydrogen) atoms. The number of nitrogens with zero attached hydrogens (tertiary/aromatic N) is 2. The molecule has 3 aromatic heterocycles. The average molecular weight is 489 g/mol. The van der Waals surface area contributed by atoms with Crippen LogP contribution < -0.4 is 0 Å². The number of benzene rings is 1. The maximum Gasteiger partial charge on any atom is 0.182 e. The summed E-state index contributed by atoms with van der Waals surface area (Å²) in [6, 6.07) is 10.5. The van der Waals surface area contributed by atoms with Gasteiger partial charge in [0.1, 0.15) is 0 Å². The molecule has 0 spiro atoms. The summed E-state index contributed by atoms with van der Waals surface area (Å²) < 4.78 is 3.75. The molecule has 0 aliphatic rings. The molecule has 0 amide bonds. The molecule has 0 saturated carbocycles. The first-order chi connectivity index (χ1) is 13.2. The summed E-state index contributed by atoms with van der Waals surface area (Å²) in [5.74, 6) is 0.206. The highest BCUT2D eigenvalue weighted by Gasteiger charge is 2.18. The van der Waals surface area contributed by atoms with E-state index in [0.717, 1.165) is 35.3 Å². The van der Waals surface area contributed by atoms with Crippen LogP contribution in [0.1, 0.15) is 35.0 Å². The predicted octanol–water partition coefficient (Wildman–Crippen LogP) is 6.04. The van der Waals surface area contributed by atoms with Crippen LogP contribution in [0.3, 0.4) is 0 Å². The van der Waals surface area contributed by atoms with Gasteiger partial charge in [-0.1, -0.05) is 48.1 Å². The zero-order valence-electron chi connectivity index (χ0n) is 15.0. The van der Waals surface area contributed by atoms with Gasteiger partial charge in [-0.25, -0.2) is 4.98 Å². The first-order valence-corrected chi connectivity index (χ1v) is 11.4. The number of aromatic nitrogens is 3. The van der Waals surface area contributed by atoms with Crippen LogP contribution in [-0.2, 0) is 6.42 Å². The van der Waals surface area contributed by atoms with Crippen molar-refractivity contribution in [3.63, 3.8) is 0 Å². The van der Waals surface area contributed by atoms with Crippen LogP contribution in [-0.4, -0.2) is 24.7 Å². The van der Waals surface area contributed by atoms with Gasteiger partial charge in [-0.2, -0.15) is 0 Å². The number of hydrogen-bond donors (Lipinski definition) is 1. The van der Waals surface area contributed by atoms with Crippen molar-refractivity contribution in [1.29, 1.82) is 0 Å². The number of H-pyrrole nitrogens is 1. The third-order valence-electron chi connectivity index (χ3n) is 4.70.